The zero-order valence-corrected chi connectivity index (χ0v) is 12.0. The molecule has 1 saturated heterocycles. The summed E-state index contributed by atoms with van der Waals surface area (Å²) in [5.41, 5.74) is 2.49. The van der Waals surface area contributed by atoms with Gasteiger partial charge in [-0.25, -0.2) is 0 Å². The van der Waals surface area contributed by atoms with Gasteiger partial charge in [-0.2, -0.15) is 0 Å². The van der Waals surface area contributed by atoms with Gasteiger partial charge >= 0.3 is 0 Å². The van der Waals surface area contributed by atoms with E-state index < -0.39 is 0 Å². The van der Waals surface area contributed by atoms with E-state index in [1.807, 2.05) is 0 Å². The monoisotopic (exact) mass is 265 g/mol. The molecule has 3 heteroatoms. The molecule has 2 heterocycles. The minimum absolute atomic E-state index is 0.0748. The SMILES string of the molecule is CC1(C)Cc2cc(C3(C)CCCN3)cc(Cl)c2O1. The predicted molar refractivity (Wildman–Crippen MR) is 74.5 cm³/mol. The van der Waals surface area contributed by atoms with Gasteiger partial charge in [0, 0.05) is 12.0 Å². The van der Waals surface area contributed by atoms with Gasteiger partial charge in [-0.1, -0.05) is 17.7 Å². The van der Waals surface area contributed by atoms with Crippen LogP contribution in [-0.4, -0.2) is 12.1 Å². The minimum Gasteiger partial charge on any atom is -0.486 e. The van der Waals surface area contributed by atoms with Crippen LogP contribution >= 0.6 is 11.6 Å². The van der Waals surface area contributed by atoms with Crippen molar-refractivity contribution in [3.63, 3.8) is 0 Å². The first kappa shape index (κ1) is 12.3. The maximum atomic E-state index is 6.39. The molecule has 0 aromatic heterocycles. The van der Waals surface area contributed by atoms with E-state index in [4.69, 9.17) is 16.3 Å². The van der Waals surface area contributed by atoms with Crippen LogP contribution in [0.1, 0.15) is 44.7 Å². The van der Waals surface area contributed by atoms with Gasteiger partial charge in [0.2, 0.25) is 0 Å². The van der Waals surface area contributed by atoms with Crippen LogP contribution in [0, 0.1) is 0 Å². The summed E-state index contributed by atoms with van der Waals surface area (Å²) in [6, 6.07) is 4.34. The molecule has 1 aromatic carbocycles. The van der Waals surface area contributed by atoms with Crippen molar-refractivity contribution in [2.75, 3.05) is 6.54 Å². The summed E-state index contributed by atoms with van der Waals surface area (Å²) < 4.78 is 5.92. The van der Waals surface area contributed by atoms with Crippen molar-refractivity contribution in [1.29, 1.82) is 0 Å². The van der Waals surface area contributed by atoms with Crippen molar-refractivity contribution in [1.82, 2.24) is 5.32 Å². The van der Waals surface area contributed by atoms with E-state index in [0.717, 1.165) is 23.7 Å². The molecule has 0 saturated carbocycles. The molecule has 1 atom stereocenters. The number of rotatable bonds is 1. The summed E-state index contributed by atoms with van der Waals surface area (Å²) in [7, 11) is 0. The summed E-state index contributed by atoms with van der Waals surface area (Å²) in [6.45, 7) is 7.57. The number of ether oxygens (including phenoxy) is 1. The van der Waals surface area contributed by atoms with E-state index in [2.05, 4.69) is 38.2 Å². The fraction of sp³-hybridized carbons (Fsp3) is 0.600. The third-order valence-electron chi connectivity index (χ3n) is 4.12. The molecule has 98 valence electrons. The molecule has 0 aliphatic carbocycles. The van der Waals surface area contributed by atoms with Crippen LogP contribution in [0.2, 0.25) is 5.02 Å². The van der Waals surface area contributed by atoms with E-state index in [1.54, 1.807) is 0 Å². The van der Waals surface area contributed by atoms with Crippen molar-refractivity contribution < 1.29 is 4.74 Å². The molecule has 1 unspecified atom stereocenters. The first-order chi connectivity index (χ1) is 8.40. The number of hydrogen-bond acceptors (Lipinski definition) is 2. The molecular formula is C15H20ClNO. The lowest BCUT2D eigenvalue weighted by Gasteiger charge is -2.25. The summed E-state index contributed by atoms with van der Waals surface area (Å²) in [4.78, 5) is 0. The molecule has 2 aliphatic rings. The quantitative estimate of drug-likeness (QED) is 0.837. The summed E-state index contributed by atoms with van der Waals surface area (Å²) in [6.07, 6.45) is 3.34. The molecule has 1 N–H and O–H groups in total. The van der Waals surface area contributed by atoms with E-state index in [9.17, 15) is 0 Å². The van der Waals surface area contributed by atoms with Gasteiger partial charge in [0.1, 0.15) is 11.4 Å². The Morgan fingerprint density at radius 2 is 2.06 bits per heavy atom. The van der Waals surface area contributed by atoms with E-state index in [1.165, 1.54) is 24.0 Å². The second-order valence-electron chi connectivity index (χ2n) is 6.35. The van der Waals surface area contributed by atoms with Crippen LogP contribution < -0.4 is 10.1 Å². The molecule has 0 amide bonds. The first-order valence-electron chi connectivity index (χ1n) is 6.67. The van der Waals surface area contributed by atoms with Gasteiger partial charge in [0.15, 0.2) is 0 Å². The third kappa shape index (κ3) is 1.92. The average molecular weight is 266 g/mol. The molecule has 18 heavy (non-hydrogen) atoms. The first-order valence-corrected chi connectivity index (χ1v) is 7.04. The summed E-state index contributed by atoms with van der Waals surface area (Å²) >= 11 is 6.39. The highest BCUT2D eigenvalue weighted by Crippen LogP contribution is 2.43. The highest BCUT2D eigenvalue weighted by Gasteiger charge is 2.36. The van der Waals surface area contributed by atoms with Crippen LogP contribution in [0.25, 0.3) is 0 Å². The Balaban J connectivity index is 2.03. The number of benzene rings is 1. The van der Waals surface area contributed by atoms with Crippen molar-refractivity contribution >= 4 is 11.6 Å². The number of fused-ring (bicyclic) bond motifs is 1. The molecule has 1 fully saturated rings. The predicted octanol–water partition coefficient (Wildman–Crippen LogP) is 3.65. The molecule has 3 rings (SSSR count). The van der Waals surface area contributed by atoms with Crippen LogP contribution in [0.5, 0.6) is 5.75 Å². The smallest absolute Gasteiger partial charge is 0.142 e. The largest absolute Gasteiger partial charge is 0.486 e. The molecule has 0 spiro atoms. The maximum absolute atomic E-state index is 6.39. The fourth-order valence-corrected chi connectivity index (χ4v) is 3.40. The molecule has 2 aliphatic heterocycles. The van der Waals surface area contributed by atoms with E-state index >= 15 is 0 Å². The Bertz CT molecular complexity index is 490. The normalized spacial score (nSPS) is 29.1. The average Bonchev–Trinajstić information content (AvgIpc) is 2.82. The lowest BCUT2D eigenvalue weighted by Crippen LogP contribution is -2.33. The topological polar surface area (TPSA) is 21.3 Å². The van der Waals surface area contributed by atoms with Gasteiger partial charge in [-0.3, -0.25) is 0 Å². The summed E-state index contributed by atoms with van der Waals surface area (Å²) in [5.74, 6) is 0.881. The number of halogens is 1. The van der Waals surface area contributed by atoms with Crippen molar-refractivity contribution in [3.8, 4) is 5.75 Å². The maximum Gasteiger partial charge on any atom is 0.142 e. The number of nitrogens with one attached hydrogen (secondary N) is 1. The van der Waals surface area contributed by atoms with Gasteiger partial charge < -0.3 is 10.1 Å². The Hall–Kier alpha value is -0.730. The Labute approximate surface area is 114 Å². The van der Waals surface area contributed by atoms with Gasteiger partial charge in [-0.05, 0) is 57.4 Å². The van der Waals surface area contributed by atoms with Crippen LogP contribution in [-0.2, 0) is 12.0 Å². The number of hydrogen-bond donors (Lipinski definition) is 1. The van der Waals surface area contributed by atoms with E-state index in [0.29, 0.717) is 0 Å². The second kappa shape index (κ2) is 3.88. The van der Waals surface area contributed by atoms with Gasteiger partial charge in [0.25, 0.3) is 0 Å². The van der Waals surface area contributed by atoms with Crippen LogP contribution in [0.3, 0.4) is 0 Å². The molecule has 0 bridgehead atoms. The fourth-order valence-electron chi connectivity index (χ4n) is 3.13. The standard InChI is InChI=1S/C15H20ClNO/c1-14(2)9-10-7-11(8-12(16)13(10)18-14)15(3)5-4-6-17-15/h7-8,17H,4-6,9H2,1-3H3. The molecule has 0 radical (unpaired) electrons. The lowest BCUT2D eigenvalue weighted by atomic mass is 9.88. The van der Waals surface area contributed by atoms with Crippen molar-refractivity contribution in [3.05, 3.63) is 28.3 Å². The second-order valence-corrected chi connectivity index (χ2v) is 6.75. The van der Waals surface area contributed by atoms with Crippen molar-refractivity contribution in [2.45, 2.75) is 51.2 Å². The lowest BCUT2D eigenvalue weighted by molar-refractivity contribution is 0.138. The summed E-state index contributed by atoms with van der Waals surface area (Å²) in [5, 5.41) is 4.34. The third-order valence-corrected chi connectivity index (χ3v) is 4.40. The van der Waals surface area contributed by atoms with Gasteiger partial charge in [-0.15, -0.1) is 0 Å². The highest BCUT2D eigenvalue weighted by molar-refractivity contribution is 6.32. The molecular weight excluding hydrogens is 246 g/mol. The highest BCUT2D eigenvalue weighted by atomic mass is 35.5. The zero-order valence-electron chi connectivity index (χ0n) is 11.3. The molecule has 2 nitrogen and oxygen atoms in total. The molecule has 1 aromatic rings. The Morgan fingerprint density at radius 3 is 2.72 bits per heavy atom. The van der Waals surface area contributed by atoms with Crippen molar-refractivity contribution in [2.24, 2.45) is 0 Å². The Kier molecular flexibility index (Phi) is 2.65. The zero-order chi connectivity index (χ0) is 13.0. The Morgan fingerprint density at radius 1 is 1.28 bits per heavy atom. The van der Waals surface area contributed by atoms with Crippen LogP contribution in [0.4, 0.5) is 0 Å². The van der Waals surface area contributed by atoms with Gasteiger partial charge in [0.05, 0.1) is 5.02 Å². The van der Waals surface area contributed by atoms with E-state index in [-0.39, 0.29) is 11.1 Å². The van der Waals surface area contributed by atoms with Crippen LogP contribution in [0.15, 0.2) is 12.1 Å². The minimum atomic E-state index is -0.130.